The molecule has 0 saturated carbocycles. The van der Waals surface area contributed by atoms with Gasteiger partial charge in [0.05, 0.1) is 0 Å². The molecule has 1 aliphatic rings. The lowest BCUT2D eigenvalue weighted by Crippen LogP contribution is -2.41. The molecule has 0 atom stereocenters. The van der Waals surface area contributed by atoms with Gasteiger partial charge < -0.3 is 10.2 Å². The standard InChI is InChI=1S/C15H18N2O2S/c1-11(18)12-5-7-13(8-6-12)16-14(19)15(20)17-9-3-2-4-10-17/h5-8H,2-4,9-10H2,1H3,(H,16,19). The number of benzene rings is 1. The minimum atomic E-state index is -0.252. The zero-order valence-electron chi connectivity index (χ0n) is 11.5. The number of anilines is 1. The van der Waals surface area contributed by atoms with E-state index in [0.717, 1.165) is 25.9 Å². The molecule has 1 aliphatic heterocycles. The van der Waals surface area contributed by atoms with Crippen LogP contribution in [0, 0.1) is 0 Å². The lowest BCUT2D eigenvalue weighted by atomic mass is 10.1. The maximum atomic E-state index is 12.1. The first-order valence-electron chi connectivity index (χ1n) is 6.79. The molecule has 0 radical (unpaired) electrons. The number of hydrogen-bond acceptors (Lipinski definition) is 3. The molecule has 0 bridgehead atoms. The lowest BCUT2D eigenvalue weighted by Gasteiger charge is -2.28. The second-order valence-electron chi connectivity index (χ2n) is 4.94. The van der Waals surface area contributed by atoms with Gasteiger partial charge in [-0.25, -0.2) is 0 Å². The van der Waals surface area contributed by atoms with E-state index in [4.69, 9.17) is 12.2 Å². The number of Topliss-reactive ketones (excluding diaryl/α,β-unsaturated/α-hetero) is 1. The van der Waals surface area contributed by atoms with Gasteiger partial charge in [0.1, 0.15) is 0 Å². The molecule has 1 amide bonds. The molecule has 5 heteroatoms. The third-order valence-corrected chi connectivity index (χ3v) is 3.83. The van der Waals surface area contributed by atoms with E-state index in [9.17, 15) is 9.59 Å². The number of nitrogens with zero attached hydrogens (tertiary/aromatic N) is 1. The number of ketones is 1. The van der Waals surface area contributed by atoms with Crippen LogP contribution in [-0.4, -0.2) is 34.7 Å². The third-order valence-electron chi connectivity index (χ3n) is 3.39. The molecule has 4 nitrogen and oxygen atoms in total. The van der Waals surface area contributed by atoms with Gasteiger partial charge in [-0.2, -0.15) is 0 Å². The number of amides is 1. The van der Waals surface area contributed by atoms with Crippen LogP contribution in [0.2, 0.25) is 0 Å². The highest BCUT2D eigenvalue weighted by Gasteiger charge is 2.19. The summed E-state index contributed by atoms with van der Waals surface area (Å²) in [4.78, 5) is 25.6. The van der Waals surface area contributed by atoms with E-state index in [1.807, 2.05) is 4.90 Å². The minimum absolute atomic E-state index is 0.00622. The van der Waals surface area contributed by atoms with Gasteiger partial charge in [0.15, 0.2) is 10.8 Å². The van der Waals surface area contributed by atoms with Gasteiger partial charge in [-0.15, -0.1) is 0 Å². The Morgan fingerprint density at radius 3 is 2.25 bits per heavy atom. The van der Waals surface area contributed by atoms with Crippen LogP contribution in [0.1, 0.15) is 36.5 Å². The second-order valence-corrected chi connectivity index (χ2v) is 5.33. The normalized spacial score (nSPS) is 14.8. The Morgan fingerprint density at radius 2 is 1.70 bits per heavy atom. The number of rotatable bonds is 2. The fourth-order valence-electron chi connectivity index (χ4n) is 2.21. The minimum Gasteiger partial charge on any atom is -0.358 e. The molecule has 0 aliphatic carbocycles. The monoisotopic (exact) mass is 290 g/mol. The Balaban J connectivity index is 1.96. The van der Waals surface area contributed by atoms with Crippen molar-refractivity contribution < 1.29 is 9.59 Å². The molecular formula is C15H18N2O2S. The quantitative estimate of drug-likeness (QED) is 0.672. The Kier molecular flexibility index (Phi) is 4.84. The Hall–Kier alpha value is -1.75. The molecule has 1 heterocycles. The van der Waals surface area contributed by atoms with Gasteiger partial charge in [0, 0.05) is 24.3 Å². The lowest BCUT2D eigenvalue weighted by molar-refractivity contribution is -0.110. The average Bonchev–Trinajstić information content (AvgIpc) is 2.48. The van der Waals surface area contributed by atoms with Crippen molar-refractivity contribution in [3.63, 3.8) is 0 Å². The second kappa shape index (κ2) is 6.61. The highest BCUT2D eigenvalue weighted by atomic mass is 32.1. The van der Waals surface area contributed by atoms with Crippen molar-refractivity contribution in [1.82, 2.24) is 4.90 Å². The molecule has 2 rings (SSSR count). The number of carbonyl (C=O) groups is 2. The van der Waals surface area contributed by atoms with Crippen LogP contribution < -0.4 is 5.32 Å². The Morgan fingerprint density at radius 1 is 1.10 bits per heavy atom. The summed E-state index contributed by atoms with van der Waals surface area (Å²) in [6.45, 7) is 3.23. The molecule has 0 spiro atoms. The maximum Gasteiger partial charge on any atom is 0.283 e. The predicted octanol–water partition coefficient (Wildman–Crippen LogP) is 2.64. The Labute approximate surface area is 124 Å². The molecule has 1 aromatic carbocycles. The van der Waals surface area contributed by atoms with E-state index in [-0.39, 0.29) is 11.7 Å². The van der Waals surface area contributed by atoms with Crippen molar-refractivity contribution in [3.05, 3.63) is 29.8 Å². The summed E-state index contributed by atoms with van der Waals surface area (Å²) < 4.78 is 0. The number of thiocarbonyl (C=S) groups is 1. The fraction of sp³-hybridized carbons (Fsp3) is 0.400. The largest absolute Gasteiger partial charge is 0.358 e. The van der Waals surface area contributed by atoms with Gasteiger partial charge in [0.25, 0.3) is 5.91 Å². The van der Waals surface area contributed by atoms with Gasteiger partial charge in [0.2, 0.25) is 0 Å². The maximum absolute atomic E-state index is 12.1. The molecule has 1 fully saturated rings. The number of carbonyl (C=O) groups excluding carboxylic acids is 2. The SMILES string of the molecule is CC(=O)c1ccc(NC(=O)C(=S)N2CCCCC2)cc1. The molecule has 1 N–H and O–H groups in total. The van der Waals surface area contributed by atoms with Crippen molar-refractivity contribution in [2.45, 2.75) is 26.2 Å². The molecule has 0 unspecified atom stereocenters. The summed E-state index contributed by atoms with van der Waals surface area (Å²) in [6.07, 6.45) is 3.37. The van der Waals surface area contributed by atoms with E-state index in [1.165, 1.54) is 13.3 Å². The molecular weight excluding hydrogens is 272 g/mol. The number of nitrogens with one attached hydrogen (secondary N) is 1. The zero-order chi connectivity index (χ0) is 14.5. The highest BCUT2D eigenvalue weighted by molar-refractivity contribution is 7.82. The van der Waals surface area contributed by atoms with E-state index >= 15 is 0 Å². The summed E-state index contributed by atoms with van der Waals surface area (Å²) in [5.74, 6) is -0.246. The van der Waals surface area contributed by atoms with Crippen molar-refractivity contribution >= 4 is 34.6 Å². The van der Waals surface area contributed by atoms with E-state index in [1.54, 1.807) is 24.3 Å². The van der Waals surface area contributed by atoms with E-state index in [2.05, 4.69) is 5.32 Å². The van der Waals surface area contributed by atoms with Gasteiger partial charge in [-0.05, 0) is 50.5 Å². The third kappa shape index (κ3) is 3.63. The first-order valence-corrected chi connectivity index (χ1v) is 7.20. The summed E-state index contributed by atoms with van der Waals surface area (Å²) >= 11 is 5.22. The van der Waals surface area contributed by atoms with Crippen molar-refractivity contribution in [3.8, 4) is 0 Å². The number of hydrogen-bond donors (Lipinski definition) is 1. The Bertz CT molecular complexity index is 519. The van der Waals surface area contributed by atoms with Crippen LogP contribution >= 0.6 is 12.2 Å². The van der Waals surface area contributed by atoms with E-state index < -0.39 is 0 Å². The first-order chi connectivity index (χ1) is 9.58. The number of piperidine rings is 1. The zero-order valence-corrected chi connectivity index (χ0v) is 12.3. The first kappa shape index (κ1) is 14.7. The molecule has 1 aromatic rings. The van der Waals surface area contributed by atoms with Gasteiger partial charge in [-0.3, -0.25) is 9.59 Å². The fourth-order valence-corrected chi connectivity index (χ4v) is 2.45. The van der Waals surface area contributed by atoms with E-state index in [0.29, 0.717) is 16.2 Å². The topological polar surface area (TPSA) is 49.4 Å². The molecule has 106 valence electrons. The highest BCUT2D eigenvalue weighted by Crippen LogP contribution is 2.13. The van der Waals surface area contributed by atoms with Crippen LogP contribution in [0.3, 0.4) is 0 Å². The van der Waals surface area contributed by atoms with Crippen LogP contribution in [0.4, 0.5) is 5.69 Å². The summed E-state index contributed by atoms with van der Waals surface area (Å²) in [6, 6.07) is 6.82. The van der Waals surface area contributed by atoms with Gasteiger partial charge >= 0.3 is 0 Å². The smallest absolute Gasteiger partial charge is 0.283 e. The van der Waals surface area contributed by atoms with Crippen LogP contribution in [0.15, 0.2) is 24.3 Å². The van der Waals surface area contributed by atoms with Crippen molar-refractivity contribution in [2.75, 3.05) is 18.4 Å². The van der Waals surface area contributed by atoms with Crippen molar-refractivity contribution in [2.24, 2.45) is 0 Å². The summed E-state index contributed by atoms with van der Waals surface area (Å²) in [7, 11) is 0. The number of likely N-dealkylation sites (tertiary alicyclic amines) is 1. The summed E-state index contributed by atoms with van der Waals surface area (Å²) in [5.41, 5.74) is 1.28. The molecule has 0 aromatic heterocycles. The molecule has 20 heavy (non-hydrogen) atoms. The summed E-state index contributed by atoms with van der Waals surface area (Å²) in [5, 5.41) is 2.77. The predicted molar refractivity (Wildman–Crippen MR) is 83.1 cm³/mol. The van der Waals surface area contributed by atoms with Crippen LogP contribution in [0.25, 0.3) is 0 Å². The average molecular weight is 290 g/mol. The van der Waals surface area contributed by atoms with Gasteiger partial charge in [-0.1, -0.05) is 12.2 Å². The van der Waals surface area contributed by atoms with Crippen LogP contribution in [0.5, 0.6) is 0 Å². The molecule has 1 saturated heterocycles. The van der Waals surface area contributed by atoms with Crippen molar-refractivity contribution in [1.29, 1.82) is 0 Å². The van der Waals surface area contributed by atoms with Crippen LogP contribution in [-0.2, 0) is 4.79 Å².